The fourth-order valence-corrected chi connectivity index (χ4v) is 2.06. The van der Waals surface area contributed by atoms with Crippen molar-refractivity contribution in [3.8, 4) is 0 Å². The van der Waals surface area contributed by atoms with E-state index >= 15 is 0 Å². The Morgan fingerprint density at radius 1 is 1.32 bits per heavy atom. The standard InChI is InChI=1S/C13H13NO5/c15-7-8-2-1-3-9(4-8)10-5-11(12(16)17)14(6-10)13(18)19/h1-5,11,15H,6-7H2,(H,16,17)(H,18,19)/t11-/m1/s1. The Morgan fingerprint density at radius 3 is 2.58 bits per heavy atom. The molecule has 1 aliphatic heterocycles. The third-order valence-corrected chi connectivity index (χ3v) is 3.01. The van der Waals surface area contributed by atoms with E-state index in [4.69, 9.17) is 15.3 Å². The van der Waals surface area contributed by atoms with Gasteiger partial charge in [0.25, 0.3) is 0 Å². The lowest BCUT2D eigenvalue weighted by molar-refractivity contribution is -0.140. The molecule has 1 aromatic carbocycles. The third-order valence-electron chi connectivity index (χ3n) is 3.01. The summed E-state index contributed by atoms with van der Waals surface area (Å²) in [7, 11) is 0. The van der Waals surface area contributed by atoms with Crippen molar-refractivity contribution in [1.29, 1.82) is 0 Å². The molecule has 0 spiro atoms. The molecule has 2 rings (SSSR count). The molecule has 1 aromatic rings. The van der Waals surface area contributed by atoms with Gasteiger partial charge in [-0.2, -0.15) is 0 Å². The monoisotopic (exact) mass is 263 g/mol. The van der Waals surface area contributed by atoms with Crippen LogP contribution in [0.2, 0.25) is 0 Å². The van der Waals surface area contributed by atoms with Gasteiger partial charge in [0.1, 0.15) is 0 Å². The number of carboxylic acid groups (broad SMARTS) is 2. The Hall–Kier alpha value is -2.34. The van der Waals surface area contributed by atoms with Crippen molar-refractivity contribution in [1.82, 2.24) is 4.90 Å². The number of carboxylic acids is 1. The molecule has 6 nitrogen and oxygen atoms in total. The van der Waals surface area contributed by atoms with Gasteiger partial charge in [0.15, 0.2) is 6.04 Å². The molecular weight excluding hydrogens is 250 g/mol. The lowest BCUT2D eigenvalue weighted by Crippen LogP contribution is -2.40. The van der Waals surface area contributed by atoms with Crippen LogP contribution in [0.15, 0.2) is 30.3 Å². The smallest absolute Gasteiger partial charge is 0.408 e. The van der Waals surface area contributed by atoms with E-state index in [1.54, 1.807) is 24.3 Å². The number of carbonyl (C=O) groups is 2. The van der Waals surface area contributed by atoms with Gasteiger partial charge in [-0.15, -0.1) is 0 Å². The fourth-order valence-electron chi connectivity index (χ4n) is 2.06. The molecule has 100 valence electrons. The Kier molecular flexibility index (Phi) is 3.52. The second-order valence-electron chi connectivity index (χ2n) is 4.24. The van der Waals surface area contributed by atoms with Crippen LogP contribution >= 0.6 is 0 Å². The fraction of sp³-hybridized carbons (Fsp3) is 0.231. The van der Waals surface area contributed by atoms with Crippen LogP contribution in [-0.2, 0) is 11.4 Å². The number of aliphatic hydroxyl groups is 1. The molecule has 0 unspecified atom stereocenters. The molecule has 6 heteroatoms. The number of aliphatic hydroxyl groups excluding tert-OH is 1. The molecule has 1 atom stereocenters. The summed E-state index contributed by atoms with van der Waals surface area (Å²) in [6.45, 7) is -0.0900. The van der Waals surface area contributed by atoms with E-state index in [0.29, 0.717) is 11.1 Å². The molecule has 1 aliphatic rings. The number of rotatable bonds is 3. The van der Waals surface area contributed by atoms with Crippen molar-refractivity contribution in [3.05, 3.63) is 41.5 Å². The van der Waals surface area contributed by atoms with Crippen molar-refractivity contribution in [2.45, 2.75) is 12.6 Å². The van der Waals surface area contributed by atoms with Crippen LogP contribution in [0.25, 0.3) is 5.57 Å². The maximum atomic E-state index is 11.0. The van der Waals surface area contributed by atoms with Gasteiger partial charge in [0, 0.05) is 0 Å². The second-order valence-corrected chi connectivity index (χ2v) is 4.24. The highest BCUT2D eigenvalue weighted by Crippen LogP contribution is 2.26. The lowest BCUT2D eigenvalue weighted by atomic mass is 10.0. The summed E-state index contributed by atoms with van der Waals surface area (Å²) in [5.41, 5.74) is 2.05. The van der Waals surface area contributed by atoms with Crippen LogP contribution in [0.1, 0.15) is 11.1 Å². The van der Waals surface area contributed by atoms with E-state index in [-0.39, 0.29) is 13.2 Å². The Labute approximate surface area is 109 Å². The average Bonchev–Trinajstić information content (AvgIpc) is 2.84. The minimum Gasteiger partial charge on any atom is -0.479 e. The lowest BCUT2D eigenvalue weighted by Gasteiger charge is -2.17. The number of nitrogens with zero attached hydrogens (tertiary/aromatic N) is 1. The van der Waals surface area contributed by atoms with Gasteiger partial charge < -0.3 is 15.3 Å². The van der Waals surface area contributed by atoms with Crippen LogP contribution in [0.4, 0.5) is 4.79 Å². The van der Waals surface area contributed by atoms with Crippen molar-refractivity contribution in [3.63, 3.8) is 0 Å². The van der Waals surface area contributed by atoms with Crippen LogP contribution in [0.5, 0.6) is 0 Å². The maximum absolute atomic E-state index is 11.0. The number of benzene rings is 1. The van der Waals surface area contributed by atoms with Gasteiger partial charge in [-0.1, -0.05) is 18.2 Å². The minimum atomic E-state index is -1.27. The molecule has 0 radical (unpaired) electrons. The quantitative estimate of drug-likeness (QED) is 0.756. The summed E-state index contributed by atoms with van der Waals surface area (Å²) < 4.78 is 0. The predicted molar refractivity (Wildman–Crippen MR) is 66.5 cm³/mol. The first-order valence-electron chi connectivity index (χ1n) is 5.66. The molecular formula is C13H13NO5. The van der Waals surface area contributed by atoms with Gasteiger partial charge in [-0.05, 0) is 28.8 Å². The zero-order chi connectivity index (χ0) is 14.0. The van der Waals surface area contributed by atoms with Crippen LogP contribution in [0, 0.1) is 0 Å². The first-order chi connectivity index (χ1) is 9.02. The van der Waals surface area contributed by atoms with Gasteiger partial charge in [-0.3, -0.25) is 4.90 Å². The maximum Gasteiger partial charge on any atom is 0.408 e. The molecule has 1 heterocycles. The van der Waals surface area contributed by atoms with Gasteiger partial charge >= 0.3 is 12.1 Å². The summed E-state index contributed by atoms with van der Waals surface area (Å²) in [5.74, 6) is -1.20. The molecule has 3 N–H and O–H groups in total. The van der Waals surface area contributed by atoms with E-state index in [1.807, 2.05) is 0 Å². The first kappa shape index (κ1) is 13.1. The van der Waals surface area contributed by atoms with Crippen LogP contribution in [-0.4, -0.2) is 44.9 Å². The SMILES string of the molecule is O=C(O)[C@H]1C=C(c2cccc(CO)c2)CN1C(=O)O. The van der Waals surface area contributed by atoms with Crippen LogP contribution in [0.3, 0.4) is 0 Å². The molecule has 0 saturated carbocycles. The Morgan fingerprint density at radius 2 is 2.05 bits per heavy atom. The number of aliphatic carboxylic acids is 1. The van der Waals surface area contributed by atoms with Gasteiger partial charge in [0.05, 0.1) is 13.2 Å². The first-order valence-corrected chi connectivity index (χ1v) is 5.66. The van der Waals surface area contributed by atoms with E-state index in [9.17, 15) is 9.59 Å². The van der Waals surface area contributed by atoms with Crippen molar-refractivity contribution >= 4 is 17.6 Å². The zero-order valence-corrected chi connectivity index (χ0v) is 9.98. The molecule has 0 aromatic heterocycles. The average molecular weight is 263 g/mol. The van der Waals surface area contributed by atoms with E-state index in [2.05, 4.69) is 0 Å². The Balaban J connectivity index is 2.33. The molecule has 1 amide bonds. The van der Waals surface area contributed by atoms with Crippen molar-refractivity contribution in [2.24, 2.45) is 0 Å². The number of hydrogen-bond acceptors (Lipinski definition) is 3. The molecule has 0 bridgehead atoms. The molecule has 0 saturated heterocycles. The third kappa shape index (κ3) is 2.58. The Bertz CT molecular complexity index is 552. The summed E-state index contributed by atoms with van der Waals surface area (Å²) in [4.78, 5) is 22.9. The van der Waals surface area contributed by atoms with Crippen molar-refractivity contribution < 1.29 is 24.9 Å². The number of amides is 1. The van der Waals surface area contributed by atoms with E-state index in [0.717, 1.165) is 10.5 Å². The van der Waals surface area contributed by atoms with Gasteiger partial charge in [0.2, 0.25) is 0 Å². The van der Waals surface area contributed by atoms with E-state index in [1.165, 1.54) is 6.08 Å². The summed E-state index contributed by atoms with van der Waals surface area (Å²) >= 11 is 0. The summed E-state index contributed by atoms with van der Waals surface area (Å²) in [5, 5.41) is 27.1. The largest absolute Gasteiger partial charge is 0.479 e. The summed E-state index contributed by atoms with van der Waals surface area (Å²) in [6, 6.07) is 5.79. The molecule has 0 fully saturated rings. The zero-order valence-electron chi connectivity index (χ0n) is 9.98. The summed E-state index contributed by atoms with van der Waals surface area (Å²) in [6.07, 6.45) is 0.157. The second kappa shape index (κ2) is 5.11. The van der Waals surface area contributed by atoms with Crippen LogP contribution < -0.4 is 0 Å². The molecule has 0 aliphatic carbocycles. The normalized spacial score (nSPS) is 18.3. The topological polar surface area (TPSA) is 98.1 Å². The predicted octanol–water partition coefficient (Wildman–Crippen LogP) is 1.01. The van der Waals surface area contributed by atoms with Crippen molar-refractivity contribution in [2.75, 3.05) is 6.54 Å². The number of hydrogen-bond donors (Lipinski definition) is 3. The highest BCUT2D eigenvalue weighted by atomic mass is 16.4. The molecule has 19 heavy (non-hydrogen) atoms. The highest BCUT2D eigenvalue weighted by molar-refractivity contribution is 5.88. The highest BCUT2D eigenvalue weighted by Gasteiger charge is 2.34. The van der Waals surface area contributed by atoms with Gasteiger partial charge in [-0.25, -0.2) is 9.59 Å². The minimum absolute atomic E-state index is 0.0290. The van der Waals surface area contributed by atoms with E-state index < -0.39 is 18.1 Å².